The third-order valence-corrected chi connectivity index (χ3v) is 7.34. The molecule has 1 fully saturated rings. The van der Waals surface area contributed by atoms with Crippen LogP contribution in [0.2, 0.25) is 0 Å². The lowest BCUT2D eigenvalue weighted by molar-refractivity contribution is -0.926. The normalized spacial score (nSPS) is 26.6. The average Bonchev–Trinajstić information content (AvgIpc) is 2.88. The van der Waals surface area contributed by atoms with Crippen molar-refractivity contribution < 1.29 is 35.7 Å². The molecule has 2 aromatic rings. The van der Waals surface area contributed by atoms with E-state index in [4.69, 9.17) is 9.47 Å². The van der Waals surface area contributed by atoms with Gasteiger partial charge in [0.15, 0.2) is 0 Å². The predicted molar refractivity (Wildman–Crippen MR) is 112 cm³/mol. The summed E-state index contributed by atoms with van der Waals surface area (Å²) in [5.41, 5.74) is 0.971. The van der Waals surface area contributed by atoms with E-state index in [1.807, 2.05) is 48.5 Å². The standard InChI is InChI=1S/C25H28NO3.BrH/c1-4-25(24(27)28-19-15-17-13-14-18(16-19)26(17,2)3)20-9-5-7-11-22(20)29-23-12-8-6-10-21(23)25;/h5-14,17-19H,4,15-16H2,1-3H3;1H/q+1;/p-1/t17-,18?,19?;/m1./s1. The Morgan fingerprint density at radius 2 is 1.50 bits per heavy atom. The lowest BCUT2D eigenvalue weighted by atomic mass is 9.70. The molecule has 2 unspecified atom stereocenters. The van der Waals surface area contributed by atoms with Gasteiger partial charge < -0.3 is 30.9 Å². The summed E-state index contributed by atoms with van der Waals surface area (Å²) in [4.78, 5) is 13.8. The molecule has 3 heterocycles. The summed E-state index contributed by atoms with van der Waals surface area (Å²) in [5.74, 6) is 1.33. The number of nitrogens with zero attached hydrogens (tertiary/aromatic N) is 1. The molecule has 158 valence electrons. The van der Waals surface area contributed by atoms with Crippen molar-refractivity contribution in [2.75, 3.05) is 14.1 Å². The van der Waals surface area contributed by atoms with Gasteiger partial charge in [-0.3, -0.25) is 4.79 Å². The van der Waals surface area contributed by atoms with Crippen LogP contribution in [0.1, 0.15) is 37.3 Å². The number of likely N-dealkylation sites (N-methyl/N-ethyl adjacent to an activating group) is 1. The van der Waals surface area contributed by atoms with Crippen molar-refractivity contribution in [3.63, 3.8) is 0 Å². The highest BCUT2D eigenvalue weighted by Crippen LogP contribution is 2.51. The van der Waals surface area contributed by atoms with E-state index in [0.29, 0.717) is 18.5 Å². The molecular formula is C25H28BrNO3. The largest absolute Gasteiger partial charge is 1.00 e. The van der Waals surface area contributed by atoms with Crippen molar-refractivity contribution in [1.29, 1.82) is 0 Å². The Bertz CT molecular complexity index is 936. The number of quaternary nitrogens is 1. The Hall–Kier alpha value is -2.11. The molecular weight excluding hydrogens is 442 g/mol. The highest BCUT2D eigenvalue weighted by atomic mass is 79.9. The minimum atomic E-state index is -0.834. The van der Waals surface area contributed by atoms with E-state index in [9.17, 15) is 4.79 Å². The van der Waals surface area contributed by atoms with E-state index in [0.717, 1.165) is 40.0 Å². The minimum absolute atomic E-state index is 0. The number of esters is 1. The van der Waals surface area contributed by atoms with Crippen LogP contribution >= 0.6 is 0 Å². The molecule has 3 atom stereocenters. The third kappa shape index (κ3) is 2.94. The predicted octanol–water partition coefficient (Wildman–Crippen LogP) is 1.58. The quantitative estimate of drug-likeness (QED) is 0.389. The minimum Gasteiger partial charge on any atom is -1.00 e. The van der Waals surface area contributed by atoms with E-state index < -0.39 is 5.41 Å². The molecule has 0 spiro atoms. The third-order valence-electron chi connectivity index (χ3n) is 7.34. The molecule has 0 aliphatic carbocycles. The number of fused-ring (bicyclic) bond motifs is 4. The molecule has 0 N–H and O–H groups in total. The maximum atomic E-state index is 13.8. The van der Waals surface area contributed by atoms with Crippen molar-refractivity contribution in [3.8, 4) is 11.5 Å². The number of halogens is 1. The highest BCUT2D eigenvalue weighted by molar-refractivity contribution is 5.90. The number of carbonyl (C=O) groups excluding carboxylic acids is 1. The molecule has 4 nitrogen and oxygen atoms in total. The van der Waals surface area contributed by atoms with Crippen LogP contribution in [0, 0.1) is 0 Å². The second kappa shape index (κ2) is 7.54. The number of carbonyl (C=O) groups is 1. The molecule has 2 aromatic carbocycles. The summed E-state index contributed by atoms with van der Waals surface area (Å²) in [6.45, 7) is 2.06. The van der Waals surface area contributed by atoms with Crippen LogP contribution in [-0.2, 0) is 14.9 Å². The lowest BCUT2D eigenvalue weighted by Gasteiger charge is -2.45. The van der Waals surface area contributed by atoms with Crippen molar-refractivity contribution in [2.45, 2.75) is 49.8 Å². The number of rotatable bonds is 3. The van der Waals surface area contributed by atoms with Gasteiger partial charge in [-0.05, 0) is 30.7 Å². The van der Waals surface area contributed by atoms with Crippen LogP contribution in [0.3, 0.4) is 0 Å². The Labute approximate surface area is 188 Å². The number of ether oxygens (including phenoxy) is 2. The van der Waals surface area contributed by atoms with Crippen molar-refractivity contribution in [2.24, 2.45) is 0 Å². The first-order chi connectivity index (χ1) is 14.0. The zero-order chi connectivity index (χ0) is 20.2. The van der Waals surface area contributed by atoms with Gasteiger partial charge in [0.25, 0.3) is 0 Å². The summed E-state index contributed by atoms with van der Waals surface area (Å²) < 4.78 is 13.4. The van der Waals surface area contributed by atoms with E-state index in [1.165, 1.54) is 0 Å². The van der Waals surface area contributed by atoms with Gasteiger partial charge in [-0.2, -0.15) is 0 Å². The fraction of sp³-hybridized carbons (Fsp3) is 0.400. The second-order valence-corrected chi connectivity index (χ2v) is 9.00. The first-order valence-corrected chi connectivity index (χ1v) is 10.6. The average molecular weight is 470 g/mol. The van der Waals surface area contributed by atoms with Gasteiger partial charge in [0.05, 0.1) is 14.1 Å². The molecule has 30 heavy (non-hydrogen) atoms. The highest BCUT2D eigenvalue weighted by Gasteiger charge is 2.51. The summed E-state index contributed by atoms with van der Waals surface area (Å²) in [5, 5.41) is 0. The Balaban J connectivity index is 0.00000218. The second-order valence-electron chi connectivity index (χ2n) is 9.00. The van der Waals surface area contributed by atoms with Crippen LogP contribution in [0.25, 0.3) is 0 Å². The summed E-state index contributed by atoms with van der Waals surface area (Å²) >= 11 is 0. The molecule has 3 aliphatic heterocycles. The van der Waals surface area contributed by atoms with E-state index in [-0.39, 0.29) is 29.1 Å². The number of hydrogen-bond donors (Lipinski definition) is 0. The monoisotopic (exact) mass is 469 g/mol. The molecule has 0 saturated carbocycles. The fourth-order valence-corrected chi connectivity index (χ4v) is 5.45. The first-order valence-electron chi connectivity index (χ1n) is 10.6. The Kier molecular flexibility index (Phi) is 5.31. The molecule has 0 radical (unpaired) electrons. The van der Waals surface area contributed by atoms with E-state index >= 15 is 0 Å². The number of piperidine rings is 1. The van der Waals surface area contributed by atoms with Crippen LogP contribution in [-0.4, -0.2) is 42.7 Å². The van der Waals surface area contributed by atoms with Gasteiger partial charge in [-0.25, -0.2) is 0 Å². The zero-order valence-electron chi connectivity index (χ0n) is 17.7. The summed E-state index contributed by atoms with van der Waals surface area (Å²) in [6.07, 6.45) is 6.93. The van der Waals surface area contributed by atoms with Gasteiger partial charge in [-0.15, -0.1) is 0 Å². The zero-order valence-corrected chi connectivity index (χ0v) is 19.3. The first kappa shape index (κ1) is 21.1. The number of benzene rings is 2. The van der Waals surface area contributed by atoms with Gasteiger partial charge in [0.1, 0.15) is 35.1 Å². The van der Waals surface area contributed by atoms with Crippen molar-refractivity contribution in [1.82, 2.24) is 0 Å². The number of para-hydroxylation sites is 2. The van der Waals surface area contributed by atoms with Gasteiger partial charge in [0, 0.05) is 24.0 Å². The molecule has 5 heteroatoms. The molecule has 3 aliphatic rings. The van der Waals surface area contributed by atoms with Crippen LogP contribution in [0.4, 0.5) is 0 Å². The van der Waals surface area contributed by atoms with Gasteiger partial charge in [0.2, 0.25) is 0 Å². The molecule has 2 bridgehead atoms. The van der Waals surface area contributed by atoms with Crippen LogP contribution in [0.15, 0.2) is 60.7 Å². The molecule has 0 amide bonds. The topological polar surface area (TPSA) is 35.5 Å². The fourth-order valence-electron chi connectivity index (χ4n) is 5.45. The lowest BCUT2D eigenvalue weighted by Crippen LogP contribution is -3.00. The van der Waals surface area contributed by atoms with Crippen molar-refractivity contribution >= 4 is 5.97 Å². The van der Waals surface area contributed by atoms with Crippen LogP contribution < -0.4 is 21.7 Å². The maximum Gasteiger partial charge on any atom is 0.321 e. The van der Waals surface area contributed by atoms with Crippen molar-refractivity contribution in [3.05, 3.63) is 71.8 Å². The van der Waals surface area contributed by atoms with Gasteiger partial charge >= 0.3 is 5.97 Å². The van der Waals surface area contributed by atoms with E-state index in [2.05, 4.69) is 33.2 Å². The molecule has 0 aromatic heterocycles. The smallest absolute Gasteiger partial charge is 0.321 e. The number of hydrogen-bond acceptors (Lipinski definition) is 3. The van der Waals surface area contributed by atoms with E-state index in [1.54, 1.807) is 0 Å². The summed E-state index contributed by atoms with van der Waals surface area (Å²) in [6, 6.07) is 16.5. The summed E-state index contributed by atoms with van der Waals surface area (Å²) in [7, 11) is 4.54. The van der Waals surface area contributed by atoms with Crippen LogP contribution in [0.5, 0.6) is 11.5 Å². The molecule has 5 rings (SSSR count). The Morgan fingerprint density at radius 1 is 1.00 bits per heavy atom. The SMILES string of the molecule is CCC1(C(=O)OC2CC3C=C[C@H](C2)[N+]3(C)C)c2ccccc2Oc2ccccc21.[Br-]. The van der Waals surface area contributed by atoms with Gasteiger partial charge in [-0.1, -0.05) is 43.3 Å². The molecule has 1 saturated heterocycles. The Morgan fingerprint density at radius 3 is 2.00 bits per heavy atom. The maximum absolute atomic E-state index is 13.8.